The number of aromatic nitrogens is 5. The molecule has 11 rings (SSSR count). The first-order valence-electron chi connectivity index (χ1n) is 18.0. The molecule has 0 unspecified atom stereocenters. The average Bonchev–Trinajstić information content (AvgIpc) is 3.79. The van der Waals surface area contributed by atoms with E-state index in [1.807, 2.05) is 72.8 Å². The molecule has 0 spiro atoms. The molecule has 4 heterocycles. The third-order valence-electron chi connectivity index (χ3n) is 10.2. The van der Waals surface area contributed by atoms with Gasteiger partial charge in [-0.2, -0.15) is 0 Å². The fourth-order valence-corrected chi connectivity index (χ4v) is 7.66. The lowest BCUT2D eigenvalue weighted by Gasteiger charge is -2.12. The molecule has 0 atom stereocenters. The van der Waals surface area contributed by atoms with Crippen LogP contribution in [0.25, 0.3) is 106 Å². The highest BCUT2D eigenvalue weighted by Gasteiger charge is 2.25. The highest BCUT2D eigenvalue weighted by atomic mass is 16.3. The molecule has 0 aliphatic heterocycles. The molecule has 11 aromatic rings. The minimum Gasteiger partial charge on any atom is -0.453 e. The van der Waals surface area contributed by atoms with Crippen LogP contribution in [0.5, 0.6) is 0 Å². The van der Waals surface area contributed by atoms with E-state index in [-0.39, 0.29) is 0 Å². The molecular formula is C48H29N5O. The quantitative estimate of drug-likeness (QED) is 0.180. The highest BCUT2D eigenvalue weighted by Crippen LogP contribution is 2.45. The van der Waals surface area contributed by atoms with Crippen LogP contribution in [-0.4, -0.2) is 24.5 Å². The lowest BCUT2D eigenvalue weighted by Crippen LogP contribution is -2.00. The van der Waals surface area contributed by atoms with Crippen LogP contribution in [0, 0.1) is 0 Å². The van der Waals surface area contributed by atoms with Crippen LogP contribution in [0.15, 0.2) is 180 Å². The molecule has 0 bridgehead atoms. The zero-order valence-electron chi connectivity index (χ0n) is 28.9. The van der Waals surface area contributed by atoms with Crippen molar-refractivity contribution >= 4 is 54.6 Å². The molecule has 6 heteroatoms. The summed E-state index contributed by atoms with van der Waals surface area (Å²) in [7, 11) is 0. The molecule has 0 N–H and O–H groups in total. The van der Waals surface area contributed by atoms with E-state index in [0.717, 1.165) is 82.9 Å². The van der Waals surface area contributed by atoms with Crippen molar-refractivity contribution in [3.05, 3.63) is 176 Å². The lowest BCUT2D eigenvalue weighted by atomic mass is 10.0. The molecule has 0 fully saturated rings. The van der Waals surface area contributed by atoms with Crippen LogP contribution in [0.2, 0.25) is 0 Å². The maximum absolute atomic E-state index is 6.95. The summed E-state index contributed by atoms with van der Waals surface area (Å²) in [5.74, 6) is 1.87. The number of nitrogens with zero attached hydrogens (tertiary/aromatic N) is 5. The van der Waals surface area contributed by atoms with E-state index < -0.39 is 0 Å². The second-order valence-corrected chi connectivity index (χ2v) is 13.5. The number of para-hydroxylation sites is 2. The molecule has 0 saturated carbocycles. The van der Waals surface area contributed by atoms with Gasteiger partial charge in [0, 0.05) is 38.7 Å². The largest absolute Gasteiger partial charge is 0.453 e. The van der Waals surface area contributed by atoms with Gasteiger partial charge in [-0.1, -0.05) is 121 Å². The van der Waals surface area contributed by atoms with E-state index in [9.17, 15) is 0 Å². The maximum atomic E-state index is 6.95. The Labute approximate surface area is 309 Å². The monoisotopic (exact) mass is 691 g/mol. The van der Waals surface area contributed by atoms with E-state index in [0.29, 0.717) is 17.5 Å². The van der Waals surface area contributed by atoms with Crippen molar-refractivity contribution in [2.75, 3.05) is 0 Å². The van der Waals surface area contributed by atoms with Gasteiger partial charge in [-0.15, -0.1) is 0 Å². The first-order valence-corrected chi connectivity index (χ1v) is 18.0. The Hall–Kier alpha value is -7.44. The summed E-state index contributed by atoms with van der Waals surface area (Å²) in [6.07, 6.45) is 0. The number of fused-ring (bicyclic) bond motifs is 8. The highest BCUT2D eigenvalue weighted by molar-refractivity contribution is 6.24. The molecule has 7 aromatic carbocycles. The molecule has 4 aromatic heterocycles. The number of benzene rings is 7. The van der Waals surface area contributed by atoms with Crippen molar-refractivity contribution in [3.8, 4) is 51.1 Å². The van der Waals surface area contributed by atoms with Gasteiger partial charge in [0.25, 0.3) is 0 Å². The molecular weight excluding hydrogens is 663 g/mol. The summed E-state index contributed by atoms with van der Waals surface area (Å²) >= 11 is 0. The zero-order valence-corrected chi connectivity index (χ0v) is 28.9. The predicted octanol–water partition coefficient (Wildman–Crippen LogP) is 12.1. The van der Waals surface area contributed by atoms with Crippen LogP contribution < -0.4 is 0 Å². The van der Waals surface area contributed by atoms with Gasteiger partial charge in [-0.3, -0.25) is 0 Å². The van der Waals surface area contributed by atoms with Gasteiger partial charge in [0.2, 0.25) is 0 Å². The minimum atomic E-state index is 0.611. The van der Waals surface area contributed by atoms with Crippen molar-refractivity contribution in [2.45, 2.75) is 0 Å². The van der Waals surface area contributed by atoms with Crippen molar-refractivity contribution in [1.82, 2.24) is 24.5 Å². The molecule has 0 amide bonds. The second-order valence-electron chi connectivity index (χ2n) is 13.5. The Kier molecular flexibility index (Phi) is 6.75. The van der Waals surface area contributed by atoms with Crippen LogP contribution >= 0.6 is 0 Å². The molecule has 0 saturated heterocycles. The van der Waals surface area contributed by atoms with Crippen molar-refractivity contribution in [1.29, 1.82) is 0 Å². The fraction of sp³-hybridized carbons (Fsp3) is 0. The first-order chi connectivity index (χ1) is 26.8. The van der Waals surface area contributed by atoms with Crippen molar-refractivity contribution < 1.29 is 4.42 Å². The van der Waals surface area contributed by atoms with E-state index >= 15 is 0 Å². The summed E-state index contributed by atoms with van der Waals surface area (Å²) in [6, 6.07) is 60.2. The average molecular weight is 692 g/mol. The van der Waals surface area contributed by atoms with Crippen molar-refractivity contribution in [3.63, 3.8) is 0 Å². The molecule has 0 radical (unpaired) electrons. The Bertz CT molecular complexity index is 3140. The number of hydrogen-bond acceptors (Lipinski definition) is 5. The minimum absolute atomic E-state index is 0.611. The molecule has 54 heavy (non-hydrogen) atoms. The van der Waals surface area contributed by atoms with Gasteiger partial charge in [0.05, 0.1) is 22.1 Å². The molecule has 0 aliphatic carbocycles. The van der Waals surface area contributed by atoms with Crippen LogP contribution in [0.1, 0.15) is 0 Å². The first kappa shape index (κ1) is 30.2. The summed E-state index contributed by atoms with van der Waals surface area (Å²) in [4.78, 5) is 20.1. The second kappa shape index (κ2) is 12.1. The lowest BCUT2D eigenvalue weighted by molar-refractivity contribution is 0.676. The number of pyridine rings is 1. The Morgan fingerprint density at radius 2 is 0.963 bits per heavy atom. The number of rotatable bonds is 5. The smallest absolute Gasteiger partial charge is 0.164 e. The summed E-state index contributed by atoms with van der Waals surface area (Å²) < 4.78 is 9.25. The topological polar surface area (TPSA) is 69.6 Å². The van der Waals surface area contributed by atoms with Gasteiger partial charge in [-0.05, 0) is 65.4 Å². The van der Waals surface area contributed by atoms with E-state index in [4.69, 9.17) is 24.4 Å². The zero-order chi connectivity index (χ0) is 35.6. The van der Waals surface area contributed by atoms with Gasteiger partial charge in [-0.25, -0.2) is 19.9 Å². The Morgan fingerprint density at radius 3 is 1.67 bits per heavy atom. The van der Waals surface area contributed by atoms with Crippen LogP contribution in [0.3, 0.4) is 0 Å². The van der Waals surface area contributed by atoms with Gasteiger partial charge >= 0.3 is 0 Å². The standard InChI is InChI=1S/C48H29N5O/c1-3-14-31(15-4-1)46-50-47(32-16-5-2-6-17-32)52-48(51-46)33-25-27-36(28-26-33)53-40-22-12-10-20-38(40)45-43(53)41-42(35-24-23-30-13-7-8-18-34(30)29-35)49-39-21-11-9-19-37(39)44(41)54-45/h1-29H. The molecule has 6 nitrogen and oxygen atoms in total. The fourth-order valence-electron chi connectivity index (χ4n) is 7.66. The van der Waals surface area contributed by atoms with Crippen LogP contribution in [0.4, 0.5) is 0 Å². The van der Waals surface area contributed by atoms with Crippen LogP contribution in [-0.2, 0) is 0 Å². The molecule has 252 valence electrons. The van der Waals surface area contributed by atoms with Crippen molar-refractivity contribution in [2.24, 2.45) is 0 Å². The molecule has 0 aliphatic rings. The normalized spacial score (nSPS) is 11.7. The Morgan fingerprint density at radius 1 is 0.407 bits per heavy atom. The number of furan rings is 1. The summed E-state index contributed by atoms with van der Waals surface area (Å²) in [5.41, 5.74) is 10.3. The summed E-state index contributed by atoms with van der Waals surface area (Å²) in [5, 5.41) is 5.36. The third kappa shape index (κ3) is 4.81. The van der Waals surface area contributed by atoms with E-state index in [1.54, 1.807) is 0 Å². The van der Waals surface area contributed by atoms with Gasteiger partial charge in [0.15, 0.2) is 23.1 Å². The van der Waals surface area contributed by atoms with Gasteiger partial charge in [0.1, 0.15) is 11.1 Å². The number of hydrogen-bond donors (Lipinski definition) is 0. The van der Waals surface area contributed by atoms with E-state index in [2.05, 4.69) is 108 Å². The Balaban J connectivity index is 1.14. The predicted molar refractivity (Wildman–Crippen MR) is 218 cm³/mol. The van der Waals surface area contributed by atoms with E-state index in [1.165, 1.54) is 5.39 Å². The third-order valence-corrected chi connectivity index (χ3v) is 10.2. The summed E-state index contributed by atoms with van der Waals surface area (Å²) in [6.45, 7) is 0. The SMILES string of the molecule is c1ccc(-c2nc(-c3ccccc3)nc(-c3ccc(-n4c5ccccc5c5oc6c7ccccc7nc(-c7ccc8ccccc8c7)c6c54)cc3)n2)cc1. The maximum Gasteiger partial charge on any atom is 0.164 e. The van der Waals surface area contributed by atoms with Gasteiger partial charge < -0.3 is 8.98 Å².